The minimum Gasteiger partial charge on any atom is -0.383 e. The summed E-state index contributed by atoms with van der Waals surface area (Å²) in [7, 11) is 0.848. The Balaban J connectivity index is 2.35. The average Bonchev–Trinajstić information content (AvgIpc) is 2.74. The van der Waals surface area contributed by atoms with Crippen LogP contribution >= 0.6 is 0 Å². The summed E-state index contributed by atoms with van der Waals surface area (Å²) < 4.78 is 5.10. The molecule has 1 atom stereocenters. The van der Waals surface area contributed by atoms with E-state index in [9.17, 15) is 0 Å². The summed E-state index contributed by atoms with van der Waals surface area (Å²) >= 11 is 0. The Labute approximate surface area is 109 Å². The van der Waals surface area contributed by atoms with Gasteiger partial charge in [0.25, 0.3) is 0 Å². The summed E-state index contributed by atoms with van der Waals surface area (Å²) in [5.74, 6) is 1.91. The molecule has 1 aliphatic rings. The highest BCUT2D eigenvalue weighted by Crippen LogP contribution is 2.35. The monoisotopic (exact) mass is 257 g/mol. The third-order valence-corrected chi connectivity index (χ3v) is 5.58. The molecule has 0 aliphatic heterocycles. The molecular formula is C14H31NOSi. The molecule has 102 valence electrons. The lowest BCUT2D eigenvalue weighted by atomic mass is 9.92. The maximum Gasteiger partial charge on any atom is 0.0587 e. The average molecular weight is 257 g/mol. The highest BCUT2D eigenvalue weighted by molar-refractivity contribution is 6.76. The second kappa shape index (κ2) is 7.55. The first-order valence-electron chi connectivity index (χ1n) is 7.22. The van der Waals surface area contributed by atoms with Crippen molar-refractivity contribution >= 4 is 8.07 Å². The van der Waals surface area contributed by atoms with Gasteiger partial charge in [-0.2, -0.15) is 0 Å². The molecule has 1 saturated carbocycles. The molecule has 0 bridgehead atoms. The standard InChI is InChI=1S/C14H31NOSi/c1-16-10-9-15-11-14(12-17(2,3)4)13-7-5-6-8-13/h13-15H,5-12H2,1-4H3. The van der Waals surface area contributed by atoms with E-state index in [0.717, 1.165) is 25.0 Å². The van der Waals surface area contributed by atoms with Crippen molar-refractivity contribution in [2.75, 3.05) is 26.8 Å². The van der Waals surface area contributed by atoms with Gasteiger partial charge >= 0.3 is 0 Å². The van der Waals surface area contributed by atoms with E-state index in [1.54, 1.807) is 7.11 Å². The predicted octanol–water partition coefficient (Wildman–Crippen LogP) is 3.37. The van der Waals surface area contributed by atoms with Crippen molar-refractivity contribution in [1.29, 1.82) is 0 Å². The number of hydrogen-bond acceptors (Lipinski definition) is 2. The van der Waals surface area contributed by atoms with Gasteiger partial charge in [0, 0.05) is 21.7 Å². The minimum absolute atomic E-state index is 0.838. The van der Waals surface area contributed by atoms with Crippen molar-refractivity contribution in [3.05, 3.63) is 0 Å². The van der Waals surface area contributed by atoms with Crippen molar-refractivity contribution < 1.29 is 4.74 Å². The van der Waals surface area contributed by atoms with Crippen molar-refractivity contribution in [1.82, 2.24) is 5.32 Å². The molecule has 1 fully saturated rings. The molecule has 2 nitrogen and oxygen atoms in total. The molecule has 0 aromatic heterocycles. The molecule has 1 N–H and O–H groups in total. The summed E-state index contributed by atoms with van der Waals surface area (Å²) in [4.78, 5) is 0. The number of hydrogen-bond donors (Lipinski definition) is 1. The van der Waals surface area contributed by atoms with Gasteiger partial charge in [-0.1, -0.05) is 51.4 Å². The second-order valence-corrected chi connectivity index (χ2v) is 12.3. The predicted molar refractivity (Wildman–Crippen MR) is 78.3 cm³/mol. The van der Waals surface area contributed by atoms with Crippen molar-refractivity contribution in [3.63, 3.8) is 0 Å². The van der Waals surface area contributed by atoms with E-state index in [2.05, 4.69) is 25.0 Å². The van der Waals surface area contributed by atoms with Crippen LogP contribution in [0.2, 0.25) is 25.7 Å². The molecule has 3 heteroatoms. The summed E-state index contributed by atoms with van der Waals surface area (Å²) in [5, 5.41) is 3.58. The van der Waals surface area contributed by atoms with Gasteiger partial charge in [0.05, 0.1) is 6.61 Å². The van der Waals surface area contributed by atoms with E-state index < -0.39 is 8.07 Å². The van der Waals surface area contributed by atoms with Gasteiger partial charge < -0.3 is 10.1 Å². The second-order valence-electron chi connectivity index (χ2n) is 6.77. The molecule has 17 heavy (non-hydrogen) atoms. The van der Waals surface area contributed by atoms with Crippen molar-refractivity contribution in [2.45, 2.75) is 51.4 Å². The first-order valence-corrected chi connectivity index (χ1v) is 10.9. The third-order valence-electron chi connectivity index (χ3n) is 3.83. The van der Waals surface area contributed by atoms with Gasteiger partial charge in [-0.3, -0.25) is 0 Å². The number of ether oxygens (including phenoxy) is 1. The van der Waals surface area contributed by atoms with E-state index in [4.69, 9.17) is 4.74 Å². The van der Waals surface area contributed by atoms with Crippen molar-refractivity contribution in [3.8, 4) is 0 Å². The fourth-order valence-electron chi connectivity index (χ4n) is 3.08. The molecule has 0 radical (unpaired) electrons. The third kappa shape index (κ3) is 6.58. The Hall–Kier alpha value is 0.137. The Morgan fingerprint density at radius 1 is 1.24 bits per heavy atom. The summed E-state index contributed by atoms with van der Waals surface area (Å²) in [5.41, 5.74) is 0. The quantitative estimate of drug-likeness (QED) is 0.532. The van der Waals surface area contributed by atoms with Gasteiger partial charge in [-0.15, -0.1) is 0 Å². The van der Waals surface area contributed by atoms with Crippen LogP contribution in [0.15, 0.2) is 0 Å². The topological polar surface area (TPSA) is 21.3 Å². The number of rotatable bonds is 8. The molecule has 1 rings (SSSR count). The molecule has 0 amide bonds. The van der Waals surface area contributed by atoms with E-state index in [-0.39, 0.29) is 0 Å². The van der Waals surface area contributed by atoms with Crippen LogP contribution in [0.25, 0.3) is 0 Å². The van der Waals surface area contributed by atoms with Gasteiger partial charge in [-0.25, -0.2) is 0 Å². The normalized spacial score (nSPS) is 19.8. The van der Waals surface area contributed by atoms with Gasteiger partial charge in [-0.05, 0) is 18.4 Å². The minimum atomic E-state index is -0.928. The first-order chi connectivity index (χ1) is 8.03. The number of methoxy groups -OCH3 is 1. The van der Waals surface area contributed by atoms with Crippen LogP contribution in [0, 0.1) is 11.8 Å². The fourth-order valence-corrected chi connectivity index (χ4v) is 5.13. The Morgan fingerprint density at radius 2 is 1.88 bits per heavy atom. The largest absolute Gasteiger partial charge is 0.383 e. The zero-order valence-corrected chi connectivity index (χ0v) is 13.2. The van der Waals surface area contributed by atoms with Crippen molar-refractivity contribution in [2.24, 2.45) is 11.8 Å². The maximum absolute atomic E-state index is 5.10. The lowest BCUT2D eigenvalue weighted by molar-refractivity contribution is 0.196. The molecule has 0 aromatic rings. The Morgan fingerprint density at radius 3 is 2.41 bits per heavy atom. The van der Waals surface area contributed by atoms with Crippen LogP contribution < -0.4 is 5.32 Å². The zero-order valence-electron chi connectivity index (χ0n) is 12.2. The van der Waals surface area contributed by atoms with E-state index in [1.807, 2.05) is 0 Å². The zero-order chi connectivity index (χ0) is 12.7. The molecule has 1 aliphatic carbocycles. The van der Waals surface area contributed by atoms with E-state index in [1.165, 1.54) is 38.3 Å². The lowest BCUT2D eigenvalue weighted by Crippen LogP contribution is -2.35. The molecule has 0 heterocycles. The molecule has 1 unspecified atom stereocenters. The molecule has 0 spiro atoms. The van der Waals surface area contributed by atoms with Crippen LogP contribution in [0.1, 0.15) is 25.7 Å². The SMILES string of the molecule is COCCNCC(C[Si](C)(C)C)C1CCCC1. The summed E-state index contributed by atoms with van der Waals surface area (Å²) in [6, 6.07) is 1.48. The first kappa shape index (κ1) is 15.2. The van der Waals surface area contributed by atoms with E-state index in [0.29, 0.717) is 0 Å². The van der Waals surface area contributed by atoms with Gasteiger partial charge in [0.1, 0.15) is 0 Å². The smallest absolute Gasteiger partial charge is 0.0587 e. The van der Waals surface area contributed by atoms with Crippen LogP contribution in [0.5, 0.6) is 0 Å². The van der Waals surface area contributed by atoms with Gasteiger partial charge in [0.15, 0.2) is 0 Å². The molecular weight excluding hydrogens is 226 g/mol. The molecule has 0 aromatic carbocycles. The van der Waals surface area contributed by atoms with Crippen LogP contribution in [0.3, 0.4) is 0 Å². The fraction of sp³-hybridized carbons (Fsp3) is 1.00. The van der Waals surface area contributed by atoms with Crippen LogP contribution in [-0.2, 0) is 4.74 Å². The molecule has 0 saturated heterocycles. The highest BCUT2D eigenvalue weighted by Gasteiger charge is 2.28. The summed E-state index contributed by atoms with van der Waals surface area (Å²) in [6.07, 6.45) is 5.87. The maximum atomic E-state index is 5.10. The summed E-state index contributed by atoms with van der Waals surface area (Å²) in [6.45, 7) is 10.6. The Bertz CT molecular complexity index is 197. The highest BCUT2D eigenvalue weighted by atomic mass is 28.3. The Kier molecular flexibility index (Phi) is 6.74. The van der Waals surface area contributed by atoms with Crippen LogP contribution in [-0.4, -0.2) is 34.9 Å². The lowest BCUT2D eigenvalue weighted by Gasteiger charge is -2.29. The van der Waals surface area contributed by atoms with E-state index >= 15 is 0 Å². The van der Waals surface area contributed by atoms with Crippen LogP contribution in [0.4, 0.5) is 0 Å². The number of nitrogens with one attached hydrogen (secondary N) is 1. The van der Waals surface area contributed by atoms with Gasteiger partial charge in [0.2, 0.25) is 0 Å².